The van der Waals surface area contributed by atoms with Crippen LogP contribution in [0.1, 0.15) is 0 Å². The average molecular weight is 346 g/mol. The molecular formula is C20H14N2S2. The molecule has 0 amide bonds. The highest BCUT2D eigenvalue weighted by atomic mass is 32.1. The molecular weight excluding hydrogens is 332 g/mol. The average Bonchev–Trinajstić information content (AvgIpc) is 2.59. The van der Waals surface area contributed by atoms with Gasteiger partial charge in [0.25, 0.3) is 0 Å². The summed E-state index contributed by atoms with van der Waals surface area (Å²) in [6.45, 7) is 0. The van der Waals surface area contributed by atoms with E-state index in [1.165, 1.54) is 32.3 Å². The van der Waals surface area contributed by atoms with E-state index in [0.717, 1.165) is 0 Å². The van der Waals surface area contributed by atoms with Crippen molar-refractivity contribution >= 4 is 67.1 Å². The van der Waals surface area contributed by atoms with Crippen LogP contribution in [0.15, 0.2) is 72.8 Å². The molecule has 0 aliphatic heterocycles. The van der Waals surface area contributed by atoms with E-state index in [1.54, 1.807) is 10.3 Å². The Bertz CT molecular complexity index is 903. The van der Waals surface area contributed by atoms with E-state index in [4.69, 9.17) is 10.8 Å². The van der Waals surface area contributed by atoms with Crippen LogP contribution < -0.4 is 0 Å². The van der Waals surface area contributed by atoms with Gasteiger partial charge in [-0.05, 0) is 81.0 Å². The first-order valence-electron chi connectivity index (χ1n) is 7.12. The lowest BCUT2D eigenvalue weighted by Gasteiger charge is -2.04. The molecule has 0 saturated heterocycles. The van der Waals surface area contributed by atoms with Gasteiger partial charge in [-0.2, -0.15) is 0 Å². The molecule has 0 radical (unpaired) electrons. The van der Waals surface area contributed by atoms with Gasteiger partial charge in [0, 0.05) is 0 Å². The number of isothiocyanates is 2. The Morgan fingerprint density at radius 2 is 0.708 bits per heavy atom. The van der Waals surface area contributed by atoms with E-state index in [2.05, 4.69) is 97.2 Å². The highest BCUT2D eigenvalue weighted by Crippen LogP contribution is 2.27. The maximum atomic E-state index is 5.77. The summed E-state index contributed by atoms with van der Waals surface area (Å²) in [5.41, 5.74) is 0. The first-order valence-corrected chi connectivity index (χ1v) is 7.94. The molecule has 24 heavy (non-hydrogen) atoms. The molecule has 116 valence electrons. The minimum absolute atomic E-state index is 1.31. The van der Waals surface area contributed by atoms with E-state index in [0.29, 0.717) is 0 Å². The summed E-state index contributed by atoms with van der Waals surface area (Å²) in [6.07, 6.45) is 0. The van der Waals surface area contributed by atoms with Crippen molar-refractivity contribution in [3.8, 4) is 0 Å². The van der Waals surface area contributed by atoms with Gasteiger partial charge in [-0.15, -0.1) is 0 Å². The molecule has 0 atom stereocenters. The second-order valence-corrected chi connectivity index (χ2v) is 5.36. The van der Waals surface area contributed by atoms with Crippen LogP contribution in [0, 0.1) is 10.8 Å². The fraction of sp³-hybridized carbons (Fsp3) is 0. The lowest BCUT2D eigenvalue weighted by Crippen LogP contribution is -1.78. The zero-order valence-electron chi connectivity index (χ0n) is 12.7. The monoisotopic (exact) mass is 346 g/mol. The normalized spacial score (nSPS) is 9.17. The molecule has 0 unspecified atom stereocenters. The van der Waals surface area contributed by atoms with Crippen LogP contribution in [0.3, 0.4) is 0 Å². The predicted molar refractivity (Wildman–Crippen MR) is 110 cm³/mol. The molecule has 2 nitrogen and oxygen atoms in total. The van der Waals surface area contributed by atoms with Gasteiger partial charge in [0.05, 0.1) is 10.3 Å². The maximum absolute atomic E-state index is 5.77. The smallest absolute Gasteiger partial charge is 0.0554 e. The van der Waals surface area contributed by atoms with Crippen molar-refractivity contribution in [1.82, 2.24) is 0 Å². The largest absolute Gasteiger partial charge is 0.248 e. The Kier molecular flexibility index (Phi) is 6.44. The standard InChI is InChI=1S/C18H12.2CHNS/c1-2-6-14-10-18-12-16-8-4-3-7-15(16)11-17(18)9-13(14)5-1;2*2-1-3/h1-12H;2*2H. The summed E-state index contributed by atoms with van der Waals surface area (Å²) in [5, 5.41) is 22.6. The first-order chi connectivity index (χ1) is 11.7. The molecule has 0 aliphatic carbocycles. The molecule has 4 aromatic rings. The minimum Gasteiger partial charge on any atom is -0.248 e. The predicted octanol–water partition coefficient (Wildman–Crippen LogP) is 6.48. The highest BCUT2D eigenvalue weighted by molar-refractivity contribution is 7.78. The topological polar surface area (TPSA) is 47.7 Å². The van der Waals surface area contributed by atoms with E-state index < -0.39 is 0 Å². The van der Waals surface area contributed by atoms with Gasteiger partial charge in [0.15, 0.2) is 0 Å². The minimum atomic E-state index is 1.31. The second kappa shape index (κ2) is 8.78. The quantitative estimate of drug-likeness (QED) is 0.217. The van der Waals surface area contributed by atoms with E-state index in [1.807, 2.05) is 0 Å². The van der Waals surface area contributed by atoms with Crippen molar-refractivity contribution in [2.75, 3.05) is 0 Å². The highest BCUT2D eigenvalue weighted by Gasteiger charge is 2.00. The number of hydrogen-bond acceptors (Lipinski definition) is 4. The third kappa shape index (κ3) is 4.17. The Hall–Kier alpha value is -2.74. The van der Waals surface area contributed by atoms with Crippen LogP contribution in [0.2, 0.25) is 0 Å². The summed E-state index contributed by atoms with van der Waals surface area (Å²) in [4.78, 5) is 0. The van der Waals surface area contributed by atoms with Crippen LogP contribution in [0.4, 0.5) is 0 Å². The Morgan fingerprint density at radius 3 is 0.917 bits per heavy atom. The molecule has 4 aromatic carbocycles. The molecule has 0 aromatic heterocycles. The zero-order chi connectivity index (χ0) is 17.4. The Morgan fingerprint density at radius 1 is 0.500 bits per heavy atom. The summed E-state index contributed by atoms with van der Waals surface area (Å²) in [6, 6.07) is 26.2. The molecule has 0 saturated carbocycles. The summed E-state index contributed by atoms with van der Waals surface area (Å²) < 4.78 is 0. The Labute approximate surface area is 150 Å². The maximum Gasteiger partial charge on any atom is 0.0554 e. The lowest BCUT2D eigenvalue weighted by atomic mass is 10.00. The van der Waals surface area contributed by atoms with Gasteiger partial charge in [-0.1, -0.05) is 48.5 Å². The van der Waals surface area contributed by atoms with Gasteiger partial charge in [0.1, 0.15) is 0 Å². The Balaban J connectivity index is 0.000000308. The van der Waals surface area contributed by atoms with Crippen molar-refractivity contribution in [2.45, 2.75) is 0 Å². The molecule has 0 fully saturated rings. The SMILES string of the molecule is N=C=S.N=C=S.c1ccc2cc3cc4ccccc4cc3cc2c1. The van der Waals surface area contributed by atoms with Crippen LogP contribution in [-0.4, -0.2) is 10.3 Å². The molecule has 2 N–H and O–H groups in total. The number of rotatable bonds is 0. The van der Waals surface area contributed by atoms with Crippen LogP contribution in [0.25, 0.3) is 32.3 Å². The number of nitrogens with one attached hydrogen (secondary N) is 2. The van der Waals surface area contributed by atoms with E-state index >= 15 is 0 Å². The van der Waals surface area contributed by atoms with Gasteiger partial charge < -0.3 is 0 Å². The number of fused-ring (bicyclic) bond motifs is 3. The molecule has 4 rings (SSSR count). The van der Waals surface area contributed by atoms with E-state index in [-0.39, 0.29) is 0 Å². The number of benzene rings is 4. The van der Waals surface area contributed by atoms with Crippen LogP contribution >= 0.6 is 24.4 Å². The molecule has 0 aliphatic rings. The van der Waals surface area contributed by atoms with Gasteiger partial charge in [-0.25, -0.2) is 10.8 Å². The third-order valence-corrected chi connectivity index (χ3v) is 3.57. The van der Waals surface area contributed by atoms with Crippen molar-refractivity contribution in [1.29, 1.82) is 10.8 Å². The van der Waals surface area contributed by atoms with Crippen molar-refractivity contribution in [3.63, 3.8) is 0 Å². The van der Waals surface area contributed by atoms with Crippen molar-refractivity contribution < 1.29 is 0 Å². The summed E-state index contributed by atoms with van der Waals surface area (Å²) in [5.74, 6) is 0. The molecule has 4 heteroatoms. The molecule has 0 bridgehead atoms. The molecule has 0 heterocycles. The van der Waals surface area contributed by atoms with Gasteiger partial charge in [-0.3, -0.25) is 0 Å². The van der Waals surface area contributed by atoms with Crippen LogP contribution in [-0.2, 0) is 0 Å². The summed E-state index contributed by atoms with van der Waals surface area (Å²) >= 11 is 7.62. The van der Waals surface area contributed by atoms with Gasteiger partial charge >= 0.3 is 0 Å². The zero-order valence-corrected chi connectivity index (χ0v) is 14.4. The molecule has 0 spiro atoms. The van der Waals surface area contributed by atoms with E-state index in [9.17, 15) is 0 Å². The fourth-order valence-corrected chi connectivity index (χ4v) is 2.63. The number of hydrogen-bond donors (Lipinski definition) is 2. The van der Waals surface area contributed by atoms with Crippen molar-refractivity contribution in [2.24, 2.45) is 0 Å². The third-order valence-electron chi connectivity index (χ3n) is 3.57. The summed E-state index contributed by atoms with van der Waals surface area (Å²) in [7, 11) is 0. The van der Waals surface area contributed by atoms with Gasteiger partial charge in [0.2, 0.25) is 0 Å². The first kappa shape index (κ1) is 17.6. The second-order valence-electron chi connectivity index (χ2n) is 4.95. The van der Waals surface area contributed by atoms with Crippen LogP contribution in [0.5, 0.6) is 0 Å². The fourth-order valence-electron chi connectivity index (χ4n) is 2.63. The lowest BCUT2D eigenvalue weighted by molar-refractivity contribution is 1.61. The van der Waals surface area contributed by atoms with Crippen molar-refractivity contribution in [3.05, 3.63) is 72.8 Å². The number of thiocarbonyl (C=S) groups is 2.